The van der Waals surface area contributed by atoms with Crippen molar-refractivity contribution in [3.8, 4) is 0 Å². The minimum absolute atomic E-state index is 0.0205. The van der Waals surface area contributed by atoms with E-state index in [-0.39, 0.29) is 11.8 Å². The van der Waals surface area contributed by atoms with Crippen molar-refractivity contribution < 1.29 is 14.5 Å². The van der Waals surface area contributed by atoms with Gasteiger partial charge in [0.1, 0.15) is 6.10 Å². The summed E-state index contributed by atoms with van der Waals surface area (Å²) in [6, 6.07) is 6.34. The van der Waals surface area contributed by atoms with E-state index < -0.39 is 10.9 Å². The highest BCUT2D eigenvalue weighted by molar-refractivity contribution is 5.88. The van der Waals surface area contributed by atoms with E-state index in [0.717, 1.165) is 12.8 Å². The van der Waals surface area contributed by atoms with Crippen LogP contribution in [0, 0.1) is 27.9 Å². The number of nitro benzene ring substituents is 1. The van der Waals surface area contributed by atoms with Gasteiger partial charge in [0, 0.05) is 12.1 Å². The first-order chi connectivity index (χ1) is 11.4. The molecule has 1 aromatic carbocycles. The molecule has 0 aliphatic heterocycles. The van der Waals surface area contributed by atoms with Crippen molar-refractivity contribution in [2.24, 2.45) is 17.8 Å². The molecule has 0 spiro atoms. The number of rotatable bonds is 5. The molecular weight excluding hydrogens is 306 g/mol. The second-order valence-corrected chi connectivity index (χ2v) is 6.95. The van der Waals surface area contributed by atoms with Gasteiger partial charge < -0.3 is 4.74 Å². The molecule has 1 saturated carbocycles. The minimum atomic E-state index is -0.456. The standard InChI is InChI=1S/C19H25NO4/c1-13(2)16-10-8-14(3)12-18(16)24-19(21)11-9-15-6-4-5-7-17(15)20(22)23/h4-7,9,11,13-14,16,18H,8,10,12H2,1-3H3/b11-9+. The van der Waals surface area contributed by atoms with Crippen molar-refractivity contribution in [2.75, 3.05) is 0 Å². The number of para-hydroxylation sites is 1. The van der Waals surface area contributed by atoms with Gasteiger partial charge in [0.05, 0.1) is 10.5 Å². The van der Waals surface area contributed by atoms with E-state index in [4.69, 9.17) is 4.74 Å². The van der Waals surface area contributed by atoms with Gasteiger partial charge in [0.25, 0.3) is 5.69 Å². The summed E-state index contributed by atoms with van der Waals surface area (Å²) in [4.78, 5) is 22.7. The number of hydrogen-bond acceptors (Lipinski definition) is 4. The third-order valence-corrected chi connectivity index (χ3v) is 4.76. The molecule has 5 heteroatoms. The Hall–Kier alpha value is -2.17. The van der Waals surface area contributed by atoms with Crippen LogP contribution in [0.4, 0.5) is 5.69 Å². The highest BCUT2D eigenvalue weighted by atomic mass is 16.6. The van der Waals surface area contributed by atoms with Crippen molar-refractivity contribution in [3.05, 3.63) is 46.0 Å². The molecule has 0 bridgehead atoms. The Morgan fingerprint density at radius 1 is 1.33 bits per heavy atom. The number of carbonyl (C=O) groups is 1. The van der Waals surface area contributed by atoms with Crippen LogP contribution in [0.5, 0.6) is 0 Å². The lowest BCUT2D eigenvalue weighted by molar-refractivity contribution is -0.385. The average Bonchev–Trinajstić information content (AvgIpc) is 2.53. The van der Waals surface area contributed by atoms with Gasteiger partial charge in [-0.25, -0.2) is 4.79 Å². The molecule has 2 rings (SSSR count). The topological polar surface area (TPSA) is 69.4 Å². The average molecular weight is 331 g/mol. The summed E-state index contributed by atoms with van der Waals surface area (Å²) in [6.07, 6.45) is 5.80. The molecular formula is C19H25NO4. The summed E-state index contributed by atoms with van der Waals surface area (Å²) in [5, 5.41) is 11.0. The molecule has 1 aliphatic carbocycles. The molecule has 0 radical (unpaired) electrons. The SMILES string of the molecule is CC1CCC(C(C)C)C(OC(=O)/C=C/c2ccccc2[N+](=O)[O-])C1. The molecule has 3 unspecified atom stereocenters. The molecule has 130 valence electrons. The maximum absolute atomic E-state index is 12.2. The lowest BCUT2D eigenvalue weighted by Crippen LogP contribution is -2.35. The third kappa shape index (κ3) is 4.66. The molecule has 0 aromatic heterocycles. The Labute approximate surface area is 142 Å². The fraction of sp³-hybridized carbons (Fsp3) is 0.526. The second kappa shape index (κ2) is 8.08. The fourth-order valence-corrected chi connectivity index (χ4v) is 3.39. The van der Waals surface area contributed by atoms with Crippen molar-refractivity contribution in [1.29, 1.82) is 0 Å². The van der Waals surface area contributed by atoms with Crippen LogP contribution < -0.4 is 0 Å². The number of esters is 1. The number of nitrogens with zero attached hydrogens (tertiary/aromatic N) is 1. The minimum Gasteiger partial charge on any atom is -0.459 e. The smallest absolute Gasteiger partial charge is 0.331 e. The lowest BCUT2D eigenvalue weighted by Gasteiger charge is -2.36. The first-order valence-corrected chi connectivity index (χ1v) is 8.50. The molecule has 1 fully saturated rings. The van der Waals surface area contributed by atoms with E-state index in [1.165, 1.54) is 24.6 Å². The van der Waals surface area contributed by atoms with Gasteiger partial charge in [-0.15, -0.1) is 0 Å². The third-order valence-electron chi connectivity index (χ3n) is 4.76. The Morgan fingerprint density at radius 3 is 2.71 bits per heavy atom. The largest absolute Gasteiger partial charge is 0.459 e. The van der Waals surface area contributed by atoms with Gasteiger partial charge in [0.15, 0.2) is 0 Å². The second-order valence-electron chi connectivity index (χ2n) is 6.95. The number of benzene rings is 1. The molecule has 1 aromatic rings. The van der Waals surface area contributed by atoms with Crippen LogP contribution >= 0.6 is 0 Å². The van der Waals surface area contributed by atoms with Crippen LogP contribution in [0.3, 0.4) is 0 Å². The lowest BCUT2D eigenvalue weighted by atomic mass is 9.75. The zero-order chi connectivity index (χ0) is 17.7. The van der Waals surface area contributed by atoms with Crippen LogP contribution in [-0.2, 0) is 9.53 Å². The van der Waals surface area contributed by atoms with Gasteiger partial charge in [-0.2, -0.15) is 0 Å². The highest BCUT2D eigenvalue weighted by Crippen LogP contribution is 2.35. The van der Waals surface area contributed by atoms with Crippen LogP contribution in [0.25, 0.3) is 6.08 Å². The van der Waals surface area contributed by atoms with Crippen molar-refractivity contribution >= 4 is 17.7 Å². The predicted molar refractivity (Wildman–Crippen MR) is 93.4 cm³/mol. The van der Waals surface area contributed by atoms with E-state index >= 15 is 0 Å². The zero-order valence-electron chi connectivity index (χ0n) is 14.5. The Kier molecular flexibility index (Phi) is 6.12. The van der Waals surface area contributed by atoms with Crippen LogP contribution in [0.1, 0.15) is 45.6 Å². The van der Waals surface area contributed by atoms with Gasteiger partial charge in [-0.3, -0.25) is 10.1 Å². The molecule has 0 N–H and O–H groups in total. The molecule has 0 saturated heterocycles. The maximum atomic E-state index is 12.2. The van der Waals surface area contributed by atoms with Crippen molar-refractivity contribution in [1.82, 2.24) is 0 Å². The first-order valence-electron chi connectivity index (χ1n) is 8.50. The number of hydrogen-bond donors (Lipinski definition) is 0. The number of ether oxygens (including phenoxy) is 1. The molecule has 5 nitrogen and oxygen atoms in total. The van der Waals surface area contributed by atoms with E-state index in [0.29, 0.717) is 23.3 Å². The monoisotopic (exact) mass is 331 g/mol. The maximum Gasteiger partial charge on any atom is 0.331 e. The number of nitro groups is 1. The van der Waals surface area contributed by atoms with Gasteiger partial charge in [-0.1, -0.05) is 39.3 Å². The summed E-state index contributed by atoms with van der Waals surface area (Å²) >= 11 is 0. The highest BCUT2D eigenvalue weighted by Gasteiger charge is 2.32. The van der Waals surface area contributed by atoms with E-state index in [1.807, 2.05) is 0 Å². The summed E-state index contributed by atoms with van der Waals surface area (Å²) in [7, 11) is 0. The van der Waals surface area contributed by atoms with Gasteiger partial charge in [0.2, 0.25) is 0 Å². The molecule has 24 heavy (non-hydrogen) atoms. The fourth-order valence-electron chi connectivity index (χ4n) is 3.39. The molecule has 0 heterocycles. The normalized spacial score (nSPS) is 24.2. The van der Waals surface area contributed by atoms with Gasteiger partial charge >= 0.3 is 5.97 Å². The quantitative estimate of drug-likeness (QED) is 0.342. The van der Waals surface area contributed by atoms with Crippen molar-refractivity contribution in [3.63, 3.8) is 0 Å². The van der Waals surface area contributed by atoms with Crippen LogP contribution in [0.15, 0.2) is 30.3 Å². The molecule has 3 atom stereocenters. The van der Waals surface area contributed by atoms with E-state index in [9.17, 15) is 14.9 Å². The van der Waals surface area contributed by atoms with E-state index in [2.05, 4.69) is 20.8 Å². The molecule has 0 amide bonds. The van der Waals surface area contributed by atoms with Gasteiger partial charge in [-0.05, 0) is 42.7 Å². The Balaban J connectivity index is 2.05. The number of carbonyl (C=O) groups excluding carboxylic acids is 1. The predicted octanol–water partition coefficient (Wildman–Crippen LogP) is 4.61. The Morgan fingerprint density at radius 2 is 2.04 bits per heavy atom. The summed E-state index contributed by atoms with van der Waals surface area (Å²) in [6.45, 7) is 6.50. The first kappa shape index (κ1) is 18.2. The van der Waals surface area contributed by atoms with Crippen LogP contribution in [0.2, 0.25) is 0 Å². The summed E-state index contributed by atoms with van der Waals surface area (Å²) in [5.74, 6) is 0.967. The van der Waals surface area contributed by atoms with E-state index in [1.54, 1.807) is 18.2 Å². The molecule has 1 aliphatic rings. The van der Waals surface area contributed by atoms with Crippen molar-refractivity contribution in [2.45, 2.75) is 46.1 Å². The van der Waals surface area contributed by atoms with Crippen LogP contribution in [-0.4, -0.2) is 17.0 Å². The summed E-state index contributed by atoms with van der Waals surface area (Å²) in [5.41, 5.74) is 0.379. The Bertz CT molecular complexity index is 624. The zero-order valence-corrected chi connectivity index (χ0v) is 14.5. The summed E-state index contributed by atoms with van der Waals surface area (Å²) < 4.78 is 5.66.